The number of hydrogen-bond donors (Lipinski definition) is 1. The molecule has 1 atom stereocenters. The molecule has 1 N–H and O–H groups in total. The molecule has 1 fully saturated rings. The molecule has 0 spiro atoms. The minimum absolute atomic E-state index is 0.144. The van der Waals surface area contributed by atoms with Crippen LogP contribution < -0.4 is 4.74 Å². The van der Waals surface area contributed by atoms with Crippen molar-refractivity contribution >= 4 is 0 Å². The Hall–Kier alpha value is -1.87. The van der Waals surface area contributed by atoms with E-state index in [0.29, 0.717) is 5.75 Å². The van der Waals surface area contributed by atoms with Gasteiger partial charge in [-0.15, -0.1) is 0 Å². The van der Waals surface area contributed by atoms with Crippen molar-refractivity contribution in [2.24, 2.45) is 0 Å². The Morgan fingerprint density at radius 3 is 2.58 bits per heavy atom. The lowest BCUT2D eigenvalue weighted by atomic mass is 9.86. The van der Waals surface area contributed by atoms with Gasteiger partial charge >= 0.3 is 0 Å². The van der Waals surface area contributed by atoms with Crippen molar-refractivity contribution in [3.63, 3.8) is 0 Å². The van der Waals surface area contributed by atoms with E-state index in [1.165, 1.54) is 5.56 Å². The molecule has 3 rings (SSSR count). The zero-order valence-corrected chi connectivity index (χ0v) is 10.9. The topological polar surface area (TPSA) is 42.4 Å². The average Bonchev–Trinajstić information content (AvgIpc) is 3.29. The molecule has 0 saturated heterocycles. The molecule has 0 amide bonds. The zero-order valence-electron chi connectivity index (χ0n) is 10.9. The standard InChI is InChI=1S/C16H17NO2/c1-19-14-9-12(10-17-11-14)15(18)16(7-8-16)13-5-3-2-4-6-13/h2-6,9-11,15,18H,7-8H2,1H3. The zero-order chi connectivity index (χ0) is 13.3. The van der Waals surface area contributed by atoms with Crippen LogP contribution in [0.1, 0.15) is 30.1 Å². The highest BCUT2D eigenvalue weighted by Gasteiger charge is 2.50. The van der Waals surface area contributed by atoms with Gasteiger partial charge in [0.15, 0.2) is 0 Å². The van der Waals surface area contributed by atoms with E-state index in [-0.39, 0.29) is 5.41 Å². The molecule has 98 valence electrons. The smallest absolute Gasteiger partial charge is 0.137 e. The number of hydrogen-bond acceptors (Lipinski definition) is 3. The van der Waals surface area contributed by atoms with Gasteiger partial charge < -0.3 is 9.84 Å². The van der Waals surface area contributed by atoms with Gasteiger partial charge in [-0.3, -0.25) is 4.98 Å². The molecule has 3 nitrogen and oxygen atoms in total. The molecule has 1 aliphatic carbocycles. The maximum atomic E-state index is 10.7. The van der Waals surface area contributed by atoms with Crippen LogP contribution in [0.4, 0.5) is 0 Å². The molecule has 0 aliphatic heterocycles. The Balaban J connectivity index is 1.93. The fraction of sp³-hybridized carbons (Fsp3) is 0.312. The second kappa shape index (κ2) is 4.67. The molecule has 2 aromatic rings. The van der Waals surface area contributed by atoms with E-state index in [1.807, 2.05) is 24.3 Å². The van der Waals surface area contributed by atoms with Crippen molar-refractivity contribution < 1.29 is 9.84 Å². The summed E-state index contributed by atoms with van der Waals surface area (Å²) >= 11 is 0. The second-order valence-electron chi connectivity index (χ2n) is 5.08. The third kappa shape index (κ3) is 2.10. The van der Waals surface area contributed by atoms with Crippen molar-refractivity contribution in [2.45, 2.75) is 24.4 Å². The van der Waals surface area contributed by atoms with Gasteiger partial charge in [0.25, 0.3) is 0 Å². The maximum absolute atomic E-state index is 10.7. The molecule has 1 heterocycles. The first-order valence-corrected chi connectivity index (χ1v) is 6.49. The number of benzene rings is 1. The normalized spacial score (nSPS) is 17.8. The minimum atomic E-state index is -0.530. The van der Waals surface area contributed by atoms with Gasteiger partial charge in [-0.05, 0) is 24.5 Å². The van der Waals surface area contributed by atoms with Gasteiger partial charge in [-0.1, -0.05) is 30.3 Å². The van der Waals surface area contributed by atoms with Crippen molar-refractivity contribution in [2.75, 3.05) is 7.11 Å². The third-order valence-electron chi connectivity index (χ3n) is 3.95. The Morgan fingerprint density at radius 1 is 1.21 bits per heavy atom. The van der Waals surface area contributed by atoms with Crippen LogP contribution in [-0.2, 0) is 5.41 Å². The monoisotopic (exact) mass is 255 g/mol. The Morgan fingerprint density at radius 2 is 1.95 bits per heavy atom. The summed E-state index contributed by atoms with van der Waals surface area (Å²) in [5.41, 5.74) is 1.88. The average molecular weight is 255 g/mol. The van der Waals surface area contributed by atoms with Crippen LogP contribution in [0.3, 0.4) is 0 Å². The summed E-state index contributed by atoms with van der Waals surface area (Å²) in [6, 6.07) is 12.1. The highest BCUT2D eigenvalue weighted by Crippen LogP contribution is 2.56. The van der Waals surface area contributed by atoms with Crippen LogP contribution >= 0.6 is 0 Å². The van der Waals surface area contributed by atoms with Crippen LogP contribution in [0.15, 0.2) is 48.8 Å². The summed E-state index contributed by atoms with van der Waals surface area (Å²) < 4.78 is 5.17. The number of ether oxygens (including phenoxy) is 1. The van der Waals surface area contributed by atoms with E-state index in [4.69, 9.17) is 4.74 Å². The lowest BCUT2D eigenvalue weighted by Crippen LogP contribution is -2.18. The first kappa shape index (κ1) is 12.2. The molecule has 1 aromatic heterocycles. The summed E-state index contributed by atoms with van der Waals surface area (Å²) in [7, 11) is 1.61. The molecule has 1 unspecified atom stereocenters. The van der Waals surface area contributed by atoms with Crippen LogP contribution in [0, 0.1) is 0 Å². The van der Waals surface area contributed by atoms with Crippen molar-refractivity contribution in [1.82, 2.24) is 4.98 Å². The highest BCUT2D eigenvalue weighted by atomic mass is 16.5. The molecular formula is C16H17NO2. The largest absolute Gasteiger partial charge is 0.495 e. The number of aromatic nitrogens is 1. The second-order valence-corrected chi connectivity index (χ2v) is 5.08. The predicted molar refractivity (Wildman–Crippen MR) is 73.1 cm³/mol. The molecule has 0 radical (unpaired) electrons. The fourth-order valence-electron chi connectivity index (χ4n) is 2.64. The minimum Gasteiger partial charge on any atom is -0.495 e. The Bertz CT molecular complexity index is 564. The summed E-state index contributed by atoms with van der Waals surface area (Å²) in [4.78, 5) is 4.13. The highest BCUT2D eigenvalue weighted by molar-refractivity contribution is 5.38. The Kier molecular flexibility index (Phi) is 2.99. The molecule has 0 bridgehead atoms. The summed E-state index contributed by atoms with van der Waals surface area (Å²) in [6.07, 6.45) is 4.86. The first-order chi connectivity index (χ1) is 9.26. The fourth-order valence-corrected chi connectivity index (χ4v) is 2.64. The van der Waals surface area contributed by atoms with Crippen LogP contribution in [0.2, 0.25) is 0 Å². The lowest BCUT2D eigenvalue weighted by Gasteiger charge is -2.23. The van der Waals surface area contributed by atoms with Gasteiger partial charge in [-0.25, -0.2) is 0 Å². The van der Waals surface area contributed by atoms with Gasteiger partial charge in [0, 0.05) is 17.2 Å². The van der Waals surface area contributed by atoms with Gasteiger partial charge in [0.2, 0.25) is 0 Å². The van der Waals surface area contributed by atoms with Gasteiger partial charge in [-0.2, -0.15) is 0 Å². The van der Waals surface area contributed by atoms with E-state index < -0.39 is 6.10 Å². The van der Waals surface area contributed by atoms with Gasteiger partial charge in [0.05, 0.1) is 19.4 Å². The third-order valence-corrected chi connectivity index (χ3v) is 3.95. The van der Waals surface area contributed by atoms with Crippen LogP contribution in [0.25, 0.3) is 0 Å². The van der Waals surface area contributed by atoms with Gasteiger partial charge in [0.1, 0.15) is 5.75 Å². The molecule has 3 heteroatoms. The molecule has 1 aliphatic rings. The molecule has 19 heavy (non-hydrogen) atoms. The quantitative estimate of drug-likeness (QED) is 0.913. The number of pyridine rings is 1. The van der Waals surface area contributed by atoms with E-state index in [2.05, 4.69) is 17.1 Å². The molecule has 1 saturated carbocycles. The number of rotatable bonds is 4. The summed E-state index contributed by atoms with van der Waals surface area (Å²) in [5, 5.41) is 10.7. The van der Waals surface area contributed by atoms with Crippen molar-refractivity contribution in [3.8, 4) is 5.75 Å². The number of aliphatic hydroxyl groups excluding tert-OH is 1. The Labute approximate surface area is 112 Å². The molecular weight excluding hydrogens is 238 g/mol. The van der Waals surface area contributed by atoms with E-state index >= 15 is 0 Å². The van der Waals surface area contributed by atoms with E-state index in [1.54, 1.807) is 19.5 Å². The SMILES string of the molecule is COc1cncc(C(O)C2(c3ccccc3)CC2)c1. The van der Waals surface area contributed by atoms with Crippen molar-refractivity contribution in [1.29, 1.82) is 0 Å². The van der Waals surface area contributed by atoms with E-state index in [0.717, 1.165) is 18.4 Å². The van der Waals surface area contributed by atoms with Crippen LogP contribution in [0.5, 0.6) is 5.75 Å². The van der Waals surface area contributed by atoms with Crippen LogP contribution in [-0.4, -0.2) is 17.2 Å². The maximum Gasteiger partial charge on any atom is 0.137 e. The summed E-state index contributed by atoms with van der Waals surface area (Å²) in [5.74, 6) is 0.681. The molecule has 1 aromatic carbocycles. The van der Waals surface area contributed by atoms with Crippen molar-refractivity contribution in [3.05, 3.63) is 59.9 Å². The number of nitrogens with zero attached hydrogens (tertiary/aromatic N) is 1. The predicted octanol–water partition coefficient (Wildman–Crippen LogP) is 2.86. The number of aliphatic hydroxyl groups is 1. The first-order valence-electron chi connectivity index (χ1n) is 6.49. The van der Waals surface area contributed by atoms with E-state index in [9.17, 15) is 5.11 Å². The lowest BCUT2D eigenvalue weighted by molar-refractivity contribution is 0.132. The number of methoxy groups -OCH3 is 1. The summed E-state index contributed by atoms with van der Waals surface area (Å²) in [6.45, 7) is 0.